The van der Waals surface area contributed by atoms with Crippen LogP contribution >= 0.6 is 0 Å². The summed E-state index contributed by atoms with van der Waals surface area (Å²) in [5.41, 5.74) is 2.20. The molecule has 0 bridgehead atoms. The van der Waals surface area contributed by atoms with E-state index in [1.807, 2.05) is 26.0 Å². The first-order valence-corrected chi connectivity index (χ1v) is 5.12. The zero-order valence-corrected chi connectivity index (χ0v) is 9.12. The number of hydrogen-bond acceptors (Lipinski definition) is 4. The Morgan fingerprint density at radius 1 is 0.800 bits per heavy atom. The van der Waals surface area contributed by atoms with E-state index in [4.69, 9.17) is 18.9 Å². The minimum absolute atomic E-state index is 0.502. The lowest BCUT2D eigenvalue weighted by atomic mass is 10.2. The normalized spacial score (nSPS) is 31.9. The second-order valence-electron chi connectivity index (χ2n) is 3.55. The summed E-state index contributed by atoms with van der Waals surface area (Å²) in [6, 6.07) is 0. The topological polar surface area (TPSA) is 36.9 Å². The van der Waals surface area contributed by atoms with Gasteiger partial charge in [-0.15, -0.1) is 0 Å². The monoisotopic (exact) mass is 212 g/mol. The highest BCUT2D eigenvalue weighted by molar-refractivity contribution is 5.05. The average Bonchev–Trinajstić information content (AvgIpc) is 2.31. The summed E-state index contributed by atoms with van der Waals surface area (Å²) in [4.78, 5) is 0. The van der Waals surface area contributed by atoms with E-state index in [1.54, 1.807) is 0 Å². The van der Waals surface area contributed by atoms with Crippen molar-refractivity contribution in [3.8, 4) is 0 Å². The van der Waals surface area contributed by atoms with Crippen LogP contribution in [0.3, 0.4) is 0 Å². The maximum Gasteiger partial charge on any atom is 0.413 e. The van der Waals surface area contributed by atoms with E-state index in [-0.39, 0.29) is 0 Å². The molecule has 0 aromatic heterocycles. The van der Waals surface area contributed by atoms with E-state index < -0.39 is 6.16 Å². The Balaban J connectivity index is 1.94. The van der Waals surface area contributed by atoms with E-state index in [9.17, 15) is 0 Å². The molecule has 2 aliphatic rings. The maximum atomic E-state index is 5.44. The Kier molecular flexibility index (Phi) is 3.21. The lowest BCUT2D eigenvalue weighted by molar-refractivity contribution is -0.510. The van der Waals surface area contributed by atoms with Crippen LogP contribution in [0, 0.1) is 0 Å². The Morgan fingerprint density at radius 2 is 1.13 bits per heavy atom. The first-order valence-electron chi connectivity index (χ1n) is 5.12. The summed E-state index contributed by atoms with van der Waals surface area (Å²) in [6.07, 6.45) is 2.69. The molecule has 2 aliphatic heterocycles. The molecule has 0 unspecified atom stereocenters. The third-order valence-corrected chi connectivity index (χ3v) is 2.55. The maximum absolute atomic E-state index is 5.44. The van der Waals surface area contributed by atoms with Gasteiger partial charge in [0, 0.05) is 0 Å². The highest BCUT2D eigenvalue weighted by atomic mass is 17.0. The Bertz CT molecular complexity index is 239. The molecule has 0 saturated carbocycles. The summed E-state index contributed by atoms with van der Waals surface area (Å²) < 4.78 is 21.8. The fourth-order valence-corrected chi connectivity index (χ4v) is 1.39. The zero-order valence-electron chi connectivity index (χ0n) is 9.12. The van der Waals surface area contributed by atoms with Gasteiger partial charge >= 0.3 is 6.16 Å². The van der Waals surface area contributed by atoms with Crippen molar-refractivity contribution in [3.05, 3.63) is 23.3 Å². The SMILES string of the molecule is CC=C1COC2(OC1)OCC(=CC)CO2. The molecule has 0 aromatic carbocycles. The van der Waals surface area contributed by atoms with Crippen LogP contribution in [-0.4, -0.2) is 32.6 Å². The van der Waals surface area contributed by atoms with Crippen molar-refractivity contribution in [1.29, 1.82) is 0 Å². The number of rotatable bonds is 0. The van der Waals surface area contributed by atoms with E-state index in [0.29, 0.717) is 26.4 Å². The van der Waals surface area contributed by atoms with Crippen LogP contribution < -0.4 is 0 Å². The average molecular weight is 212 g/mol. The van der Waals surface area contributed by atoms with Gasteiger partial charge in [0.05, 0.1) is 26.4 Å². The van der Waals surface area contributed by atoms with Crippen molar-refractivity contribution in [3.63, 3.8) is 0 Å². The van der Waals surface area contributed by atoms with Gasteiger partial charge in [-0.1, -0.05) is 12.2 Å². The van der Waals surface area contributed by atoms with Gasteiger partial charge in [0.15, 0.2) is 0 Å². The summed E-state index contributed by atoms with van der Waals surface area (Å²) in [7, 11) is 0. The van der Waals surface area contributed by atoms with Crippen molar-refractivity contribution < 1.29 is 18.9 Å². The summed E-state index contributed by atoms with van der Waals surface area (Å²) in [5.74, 6) is 0. The van der Waals surface area contributed by atoms with Crippen LogP contribution in [-0.2, 0) is 18.9 Å². The number of hydrogen-bond donors (Lipinski definition) is 0. The number of ether oxygens (including phenoxy) is 4. The van der Waals surface area contributed by atoms with Gasteiger partial charge in [0.1, 0.15) is 0 Å². The van der Waals surface area contributed by atoms with Gasteiger partial charge in [-0.25, -0.2) is 0 Å². The lowest BCUT2D eigenvalue weighted by Crippen LogP contribution is -2.49. The second kappa shape index (κ2) is 4.45. The van der Waals surface area contributed by atoms with Crippen LogP contribution in [0.25, 0.3) is 0 Å². The lowest BCUT2D eigenvalue weighted by Gasteiger charge is -2.39. The summed E-state index contributed by atoms with van der Waals surface area (Å²) in [5, 5.41) is 0. The molecular weight excluding hydrogens is 196 g/mol. The Hall–Kier alpha value is -0.680. The number of allylic oxidation sites excluding steroid dienone is 2. The molecule has 0 atom stereocenters. The molecule has 0 amide bonds. The largest absolute Gasteiger partial charge is 0.413 e. The smallest absolute Gasteiger partial charge is 0.299 e. The third-order valence-electron chi connectivity index (χ3n) is 2.55. The first kappa shape index (κ1) is 10.8. The molecule has 2 saturated heterocycles. The molecule has 0 aromatic rings. The molecule has 2 heterocycles. The quantitative estimate of drug-likeness (QED) is 0.571. The molecule has 4 nitrogen and oxygen atoms in total. The Labute approximate surface area is 89.5 Å². The molecule has 2 rings (SSSR count). The molecule has 2 fully saturated rings. The van der Waals surface area contributed by atoms with Crippen molar-refractivity contribution in [2.45, 2.75) is 20.0 Å². The molecule has 4 heteroatoms. The molecule has 0 aliphatic carbocycles. The van der Waals surface area contributed by atoms with Gasteiger partial charge in [-0.05, 0) is 25.0 Å². The molecule has 84 valence electrons. The van der Waals surface area contributed by atoms with Crippen molar-refractivity contribution in [2.75, 3.05) is 26.4 Å². The van der Waals surface area contributed by atoms with E-state index in [1.165, 1.54) is 0 Å². The standard InChI is InChI=1S/C11H16O4/c1-3-9-5-12-11(13-6-9)14-7-10(4-2)8-15-11/h3-4H,5-8H2,1-2H3. The Morgan fingerprint density at radius 3 is 1.40 bits per heavy atom. The molecule has 1 spiro atoms. The fraction of sp³-hybridized carbons (Fsp3) is 0.636. The van der Waals surface area contributed by atoms with Crippen molar-refractivity contribution >= 4 is 0 Å². The minimum Gasteiger partial charge on any atom is -0.299 e. The zero-order chi connectivity index (χ0) is 10.7. The summed E-state index contributed by atoms with van der Waals surface area (Å²) >= 11 is 0. The van der Waals surface area contributed by atoms with Crippen LogP contribution in [0.4, 0.5) is 0 Å². The molecule has 0 radical (unpaired) electrons. The van der Waals surface area contributed by atoms with Crippen LogP contribution in [0.5, 0.6) is 0 Å². The van der Waals surface area contributed by atoms with Crippen LogP contribution in [0.2, 0.25) is 0 Å². The van der Waals surface area contributed by atoms with Crippen molar-refractivity contribution in [2.24, 2.45) is 0 Å². The minimum atomic E-state index is -1.26. The molecule has 0 N–H and O–H groups in total. The highest BCUT2D eigenvalue weighted by Crippen LogP contribution is 2.28. The van der Waals surface area contributed by atoms with Crippen LogP contribution in [0.15, 0.2) is 23.3 Å². The summed E-state index contributed by atoms with van der Waals surface area (Å²) in [6.45, 7) is 5.92. The second-order valence-corrected chi connectivity index (χ2v) is 3.55. The van der Waals surface area contributed by atoms with E-state index in [0.717, 1.165) is 11.1 Å². The van der Waals surface area contributed by atoms with Crippen LogP contribution in [0.1, 0.15) is 13.8 Å². The van der Waals surface area contributed by atoms with E-state index in [2.05, 4.69) is 0 Å². The predicted octanol–water partition coefficient (Wildman–Crippen LogP) is 1.58. The molecule has 15 heavy (non-hydrogen) atoms. The van der Waals surface area contributed by atoms with Gasteiger partial charge < -0.3 is 0 Å². The fourth-order valence-electron chi connectivity index (χ4n) is 1.39. The van der Waals surface area contributed by atoms with Gasteiger partial charge in [0.25, 0.3) is 0 Å². The van der Waals surface area contributed by atoms with Gasteiger partial charge in [-0.2, -0.15) is 0 Å². The first-order chi connectivity index (χ1) is 7.28. The van der Waals surface area contributed by atoms with Gasteiger partial charge in [0.2, 0.25) is 0 Å². The molecular formula is C11H16O4. The van der Waals surface area contributed by atoms with Gasteiger partial charge in [-0.3, -0.25) is 18.9 Å². The van der Waals surface area contributed by atoms with E-state index >= 15 is 0 Å². The van der Waals surface area contributed by atoms with Crippen molar-refractivity contribution in [1.82, 2.24) is 0 Å². The highest BCUT2D eigenvalue weighted by Gasteiger charge is 2.42. The third kappa shape index (κ3) is 2.29. The predicted molar refractivity (Wildman–Crippen MR) is 54.1 cm³/mol.